The molecule has 1 saturated heterocycles. The number of aldehydes is 1. The summed E-state index contributed by atoms with van der Waals surface area (Å²) in [5, 5.41) is 0. The van der Waals surface area contributed by atoms with Crippen LogP contribution in [0.3, 0.4) is 0 Å². The van der Waals surface area contributed by atoms with Gasteiger partial charge in [0.2, 0.25) is 11.8 Å². The standard InChI is InChI=1S/C41H50N6O4S/c1-26(2)32-16-17-35(33-14-9-15-37(42-33)46(5)30-22-41(23-30)18-19-41)47(6)36(32)25-51-38-21-34(39-27(3)10-7-11-28(39)4)43-40(44-38)45-52(49,50)31-13-8-12-29(20-31)24-48/h7-15,20-21,24,26,30,32,35-36H,16-19,22-23,25H2,1-6H3,(H,43,44,45)/t32-,35+,36+/m0/s1. The number of carbonyl (C=O) groups is 1. The number of anilines is 2. The van der Waals surface area contributed by atoms with Gasteiger partial charge in [0.25, 0.3) is 10.0 Å². The Balaban J connectivity index is 1.16. The molecule has 1 aliphatic heterocycles. The number of hydrogen-bond donors (Lipinski definition) is 1. The lowest BCUT2D eigenvalue weighted by molar-refractivity contribution is 0.0115. The van der Waals surface area contributed by atoms with E-state index < -0.39 is 10.0 Å². The molecule has 11 heteroatoms. The van der Waals surface area contributed by atoms with Crippen LogP contribution >= 0.6 is 0 Å². The second-order valence-electron chi connectivity index (χ2n) is 15.6. The van der Waals surface area contributed by atoms with Crippen molar-refractivity contribution in [3.8, 4) is 17.1 Å². The van der Waals surface area contributed by atoms with Gasteiger partial charge >= 0.3 is 0 Å². The first kappa shape index (κ1) is 36.0. The Kier molecular flexibility index (Phi) is 9.86. The number of benzene rings is 2. The van der Waals surface area contributed by atoms with Crippen molar-refractivity contribution in [3.05, 3.63) is 89.1 Å². The summed E-state index contributed by atoms with van der Waals surface area (Å²) in [6.45, 7) is 8.89. The summed E-state index contributed by atoms with van der Waals surface area (Å²) in [5.41, 5.74) is 5.40. The second kappa shape index (κ2) is 14.2. The maximum atomic E-state index is 13.5. The van der Waals surface area contributed by atoms with Crippen LogP contribution in [-0.4, -0.2) is 67.3 Å². The molecular weight excluding hydrogens is 673 g/mol. The summed E-state index contributed by atoms with van der Waals surface area (Å²) in [6, 6.07) is 20.8. The molecule has 0 amide bonds. The van der Waals surface area contributed by atoms with E-state index in [9.17, 15) is 13.2 Å². The molecule has 2 aromatic carbocycles. The van der Waals surface area contributed by atoms with E-state index in [2.05, 4.69) is 70.6 Å². The zero-order valence-corrected chi connectivity index (χ0v) is 31.9. The van der Waals surface area contributed by atoms with E-state index in [1.54, 1.807) is 12.1 Å². The minimum Gasteiger partial charge on any atom is -0.476 e. The Morgan fingerprint density at radius 1 is 0.981 bits per heavy atom. The number of piperidine rings is 1. The normalized spacial score (nSPS) is 21.5. The maximum Gasteiger partial charge on any atom is 0.264 e. The van der Waals surface area contributed by atoms with Gasteiger partial charge < -0.3 is 9.64 Å². The van der Waals surface area contributed by atoms with Crippen molar-refractivity contribution in [1.29, 1.82) is 0 Å². The van der Waals surface area contributed by atoms with Crippen molar-refractivity contribution >= 4 is 28.1 Å². The summed E-state index contributed by atoms with van der Waals surface area (Å²) in [4.78, 5) is 30.6. The van der Waals surface area contributed by atoms with Gasteiger partial charge in [0, 0.05) is 36.3 Å². The van der Waals surface area contributed by atoms with Gasteiger partial charge in [-0.2, -0.15) is 4.98 Å². The lowest BCUT2D eigenvalue weighted by Crippen LogP contribution is -2.49. The third kappa shape index (κ3) is 7.30. The number of likely N-dealkylation sites (N-methyl/N-ethyl adjacent to an activating group) is 1. The van der Waals surface area contributed by atoms with Gasteiger partial charge in [-0.15, -0.1) is 0 Å². The number of sulfonamides is 1. The molecule has 274 valence electrons. The van der Waals surface area contributed by atoms with Gasteiger partial charge in [0.1, 0.15) is 18.7 Å². The molecule has 10 nitrogen and oxygen atoms in total. The van der Waals surface area contributed by atoms with Gasteiger partial charge in [-0.25, -0.2) is 23.1 Å². The summed E-state index contributed by atoms with van der Waals surface area (Å²) < 4.78 is 36.1. The van der Waals surface area contributed by atoms with Crippen LogP contribution in [0.5, 0.6) is 5.88 Å². The van der Waals surface area contributed by atoms with Crippen LogP contribution in [0.15, 0.2) is 71.6 Å². The third-order valence-corrected chi connectivity index (χ3v) is 13.1. The van der Waals surface area contributed by atoms with Crippen LogP contribution in [0.2, 0.25) is 0 Å². The fraction of sp³-hybridized carbons (Fsp3) is 0.463. The lowest BCUT2D eigenvalue weighted by Gasteiger charge is -2.46. The molecular formula is C41H50N6O4S. The van der Waals surface area contributed by atoms with Crippen molar-refractivity contribution < 1.29 is 17.9 Å². The summed E-state index contributed by atoms with van der Waals surface area (Å²) in [7, 11) is 0.249. The molecule has 2 aliphatic carbocycles. The highest BCUT2D eigenvalue weighted by Crippen LogP contribution is 2.62. The smallest absolute Gasteiger partial charge is 0.264 e. The van der Waals surface area contributed by atoms with Gasteiger partial charge in [0.05, 0.1) is 22.3 Å². The zero-order chi connectivity index (χ0) is 36.8. The van der Waals surface area contributed by atoms with Crippen molar-refractivity contribution in [2.45, 2.75) is 89.2 Å². The highest BCUT2D eigenvalue weighted by molar-refractivity contribution is 7.92. The predicted octanol–water partition coefficient (Wildman–Crippen LogP) is 7.63. The zero-order valence-electron chi connectivity index (χ0n) is 31.0. The van der Waals surface area contributed by atoms with E-state index in [-0.39, 0.29) is 34.4 Å². The third-order valence-electron chi connectivity index (χ3n) is 11.8. The topological polar surface area (TPSA) is 118 Å². The summed E-state index contributed by atoms with van der Waals surface area (Å²) in [6.07, 6.45) is 7.98. The fourth-order valence-electron chi connectivity index (χ4n) is 8.46. The van der Waals surface area contributed by atoms with E-state index >= 15 is 0 Å². The van der Waals surface area contributed by atoms with Crippen LogP contribution in [0.25, 0.3) is 11.3 Å². The maximum absolute atomic E-state index is 13.5. The molecule has 0 bridgehead atoms. The van der Waals surface area contributed by atoms with Gasteiger partial charge in [0.15, 0.2) is 0 Å². The molecule has 0 radical (unpaired) electrons. The summed E-state index contributed by atoms with van der Waals surface area (Å²) >= 11 is 0. The Hall–Kier alpha value is -4.35. The average molecular weight is 723 g/mol. The van der Waals surface area contributed by atoms with Gasteiger partial charge in [-0.1, -0.05) is 50.2 Å². The molecule has 3 aliphatic rings. The number of ether oxygens (including phenoxy) is 1. The number of nitrogens with zero attached hydrogens (tertiary/aromatic N) is 5. The average Bonchev–Trinajstić information content (AvgIpc) is 3.91. The first-order valence-electron chi connectivity index (χ1n) is 18.4. The van der Waals surface area contributed by atoms with E-state index in [1.165, 1.54) is 43.9 Å². The molecule has 2 aromatic heterocycles. The molecule has 4 aromatic rings. The number of rotatable bonds is 12. The quantitative estimate of drug-likeness (QED) is 0.147. The highest BCUT2D eigenvalue weighted by atomic mass is 32.2. The van der Waals surface area contributed by atoms with Crippen molar-refractivity contribution in [2.24, 2.45) is 17.3 Å². The van der Waals surface area contributed by atoms with Gasteiger partial charge in [-0.05, 0) is 112 Å². The predicted molar refractivity (Wildman–Crippen MR) is 204 cm³/mol. The fourth-order valence-corrected chi connectivity index (χ4v) is 9.46. The Morgan fingerprint density at radius 2 is 1.69 bits per heavy atom. The van der Waals surface area contributed by atoms with E-state index in [4.69, 9.17) is 9.72 Å². The van der Waals surface area contributed by atoms with Crippen LogP contribution in [0.4, 0.5) is 11.8 Å². The molecule has 0 unspecified atom stereocenters. The van der Waals surface area contributed by atoms with Crippen molar-refractivity contribution in [1.82, 2.24) is 19.9 Å². The van der Waals surface area contributed by atoms with E-state index in [1.807, 2.05) is 32.0 Å². The lowest BCUT2D eigenvalue weighted by atomic mass is 9.76. The molecule has 2 saturated carbocycles. The van der Waals surface area contributed by atoms with Crippen LogP contribution in [-0.2, 0) is 10.0 Å². The Labute approximate surface area is 308 Å². The van der Waals surface area contributed by atoms with Crippen molar-refractivity contribution in [3.63, 3.8) is 0 Å². The molecule has 3 heterocycles. The van der Waals surface area contributed by atoms with Crippen molar-refractivity contribution in [2.75, 3.05) is 30.3 Å². The number of carbonyl (C=O) groups excluding carboxylic acids is 1. The largest absolute Gasteiger partial charge is 0.476 e. The van der Waals surface area contributed by atoms with Gasteiger partial charge in [-0.3, -0.25) is 9.69 Å². The Morgan fingerprint density at radius 3 is 2.38 bits per heavy atom. The first-order chi connectivity index (χ1) is 24.9. The molecule has 1 N–H and O–H groups in total. The van der Waals surface area contributed by atoms with Crippen LogP contribution < -0.4 is 14.4 Å². The summed E-state index contributed by atoms with van der Waals surface area (Å²) in [5.74, 6) is 2.01. The number of nitrogens with one attached hydrogen (secondary N) is 1. The number of pyridine rings is 1. The van der Waals surface area contributed by atoms with E-state index in [0.29, 0.717) is 41.9 Å². The van der Waals surface area contributed by atoms with Crippen LogP contribution in [0, 0.1) is 31.1 Å². The number of hydrogen-bond acceptors (Lipinski definition) is 9. The minimum absolute atomic E-state index is 0.0568. The van der Waals surface area contributed by atoms with E-state index in [0.717, 1.165) is 41.0 Å². The second-order valence-corrected chi connectivity index (χ2v) is 17.3. The molecule has 3 fully saturated rings. The first-order valence-corrected chi connectivity index (χ1v) is 19.9. The molecule has 7 rings (SSSR count). The number of aromatic nitrogens is 3. The minimum atomic E-state index is -4.11. The van der Waals surface area contributed by atoms with Crippen LogP contribution in [0.1, 0.15) is 85.6 Å². The number of likely N-dealkylation sites (tertiary alicyclic amines) is 1. The molecule has 1 spiro atoms. The SMILES string of the molecule is Cc1cccc(C)c1-c1cc(OC[C@@H]2[C@H](C(C)C)CC[C@H](c3cccc(N(C)C4CC5(CC5)C4)n3)N2C)nc(NS(=O)(=O)c2cccc(C=O)c2)n1. The molecule has 52 heavy (non-hydrogen) atoms. The monoisotopic (exact) mass is 722 g/mol. The number of aryl methyl sites for hydroxylation is 2. The Bertz CT molecular complexity index is 2040. The highest BCUT2D eigenvalue weighted by Gasteiger charge is 2.54. The molecule has 3 atom stereocenters.